The summed E-state index contributed by atoms with van der Waals surface area (Å²) in [6.45, 7) is 10.8. The van der Waals surface area contributed by atoms with Gasteiger partial charge >= 0.3 is 0 Å². The molecule has 1 rings (SSSR count). The second kappa shape index (κ2) is 4.33. The van der Waals surface area contributed by atoms with Gasteiger partial charge in [-0.2, -0.15) is 0 Å². The number of likely N-dealkylation sites (tertiary alicyclic amines) is 1. The van der Waals surface area contributed by atoms with E-state index >= 15 is 0 Å². The molecule has 0 saturated carbocycles. The Bertz CT molecular complexity index is 199. The first kappa shape index (κ1) is 11.5. The van der Waals surface area contributed by atoms with E-state index in [-0.39, 0.29) is 0 Å². The lowest BCUT2D eigenvalue weighted by Crippen LogP contribution is -2.49. The van der Waals surface area contributed by atoms with Gasteiger partial charge < -0.3 is 4.90 Å². The number of carbonyl (C=O) groups is 1. The monoisotopic (exact) mass is 197 g/mol. The van der Waals surface area contributed by atoms with Crippen molar-refractivity contribution in [2.24, 2.45) is 11.3 Å². The molecule has 0 aromatic rings. The van der Waals surface area contributed by atoms with Crippen molar-refractivity contribution >= 4 is 5.91 Å². The fourth-order valence-corrected chi connectivity index (χ4v) is 1.82. The van der Waals surface area contributed by atoms with Gasteiger partial charge in [-0.15, -0.1) is 0 Å². The quantitative estimate of drug-likeness (QED) is 0.681. The summed E-state index contributed by atoms with van der Waals surface area (Å²) in [6, 6.07) is 0. The van der Waals surface area contributed by atoms with Crippen LogP contribution < -0.4 is 0 Å². The van der Waals surface area contributed by atoms with E-state index in [1.165, 1.54) is 12.8 Å². The maximum atomic E-state index is 11.3. The molecule has 0 atom stereocenters. The van der Waals surface area contributed by atoms with Crippen molar-refractivity contribution in [2.45, 2.75) is 47.0 Å². The van der Waals surface area contributed by atoms with E-state index in [9.17, 15) is 4.79 Å². The number of nitrogens with zero attached hydrogens (tertiary/aromatic N) is 1. The lowest BCUT2D eigenvalue weighted by atomic mass is 9.84. The standard InChI is InChI=1S/C12H23NO/c1-5-11(14)13-8-10(9-13)6-7-12(2,3)4/h10H,5-9H2,1-4H3. The Kier molecular flexibility index (Phi) is 3.57. The third-order valence-electron chi connectivity index (χ3n) is 2.91. The van der Waals surface area contributed by atoms with Crippen LogP contribution in [-0.4, -0.2) is 23.9 Å². The van der Waals surface area contributed by atoms with Gasteiger partial charge in [-0.1, -0.05) is 27.7 Å². The van der Waals surface area contributed by atoms with Crippen LogP contribution in [0.2, 0.25) is 0 Å². The van der Waals surface area contributed by atoms with Gasteiger partial charge in [-0.25, -0.2) is 0 Å². The zero-order chi connectivity index (χ0) is 10.8. The fraction of sp³-hybridized carbons (Fsp3) is 0.917. The minimum absolute atomic E-state index is 0.317. The summed E-state index contributed by atoms with van der Waals surface area (Å²) in [7, 11) is 0. The molecule has 0 aromatic heterocycles. The van der Waals surface area contributed by atoms with E-state index in [0.717, 1.165) is 19.0 Å². The third kappa shape index (κ3) is 3.32. The first-order valence-electron chi connectivity index (χ1n) is 5.70. The Morgan fingerprint density at radius 2 is 1.93 bits per heavy atom. The highest BCUT2D eigenvalue weighted by atomic mass is 16.2. The minimum Gasteiger partial charge on any atom is -0.342 e. The Labute approximate surface area is 87.7 Å². The largest absolute Gasteiger partial charge is 0.342 e. The highest BCUT2D eigenvalue weighted by Gasteiger charge is 2.29. The normalized spacial score (nSPS) is 18.1. The van der Waals surface area contributed by atoms with Crippen molar-refractivity contribution in [1.29, 1.82) is 0 Å². The van der Waals surface area contributed by atoms with Crippen molar-refractivity contribution in [1.82, 2.24) is 4.90 Å². The van der Waals surface area contributed by atoms with Gasteiger partial charge in [0.2, 0.25) is 5.91 Å². The molecule has 0 bridgehead atoms. The summed E-state index contributed by atoms with van der Waals surface area (Å²) < 4.78 is 0. The second-order valence-corrected chi connectivity index (χ2v) is 5.62. The molecule has 0 unspecified atom stereocenters. The van der Waals surface area contributed by atoms with E-state index in [4.69, 9.17) is 0 Å². The van der Waals surface area contributed by atoms with Gasteiger partial charge in [0.15, 0.2) is 0 Å². The number of carbonyl (C=O) groups excluding carboxylic acids is 1. The molecule has 0 spiro atoms. The van der Waals surface area contributed by atoms with Crippen LogP contribution in [0.1, 0.15) is 47.0 Å². The van der Waals surface area contributed by atoms with Crippen LogP contribution in [0.4, 0.5) is 0 Å². The zero-order valence-corrected chi connectivity index (χ0v) is 9.97. The molecular weight excluding hydrogens is 174 g/mol. The van der Waals surface area contributed by atoms with Gasteiger partial charge in [0.05, 0.1) is 0 Å². The molecule has 0 radical (unpaired) electrons. The highest BCUT2D eigenvalue weighted by molar-refractivity contribution is 5.76. The summed E-state index contributed by atoms with van der Waals surface area (Å²) in [5, 5.41) is 0. The lowest BCUT2D eigenvalue weighted by Gasteiger charge is -2.40. The van der Waals surface area contributed by atoms with Crippen LogP contribution in [0.25, 0.3) is 0 Å². The first-order chi connectivity index (χ1) is 6.42. The van der Waals surface area contributed by atoms with Crippen molar-refractivity contribution in [2.75, 3.05) is 13.1 Å². The SMILES string of the molecule is CCC(=O)N1CC(CCC(C)(C)C)C1. The van der Waals surface area contributed by atoms with Gasteiger partial charge in [-0.05, 0) is 24.2 Å². The molecule has 1 amide bonds. The summed E-state index contributed by atoms with van der Waals surface area (Å²) >= 11 is 0. The summed E-state index contributed by atoms with van der Waals surface area (Å²) in [6.07, 6.45) is 3.20. The lowest BCUT2D eigenvalue weighted by molar-refractivity contribution is -0.137. The van der Waals surface area contributed by atoms with E-state index < -0.39 is 0 Å². The van der Waals surface area contributed by atoms with Crippen molar-refractivity contribution < 1.29 is 4.79 Å². The van der Waals surface area contributed by atoms with E-state index in [0.29, 0.717) is 17.7 Å². The number of hydrogen-bond acceptors (Lipinski definition) is 1. The molecule has 0 N–H and O–H groups in total. The topological polar surface area (TPSA) is 20.3 Å². The van der Waals surface area contributed by atoms with Crippen molar-refractivity contribution in [3.05, 3.63) is 0 Å². The van der Waals surface area contributed by atoms with Crippen LogP contribution in [0.15, 0.2) is 0 Å². The van der Waals surface area contributed by atoms with Gasteiger partial charge in [0.25, 0.3) is 0 Å². The first-order valence-corrected chi connectivity index (χ1v) is 5.70. The van der Waals surface area contributed by atoms with E-state index in [1.54, 1.807) is 0 Å². The van der Waals surface area contributed by atoms with Crippen LogP contribution in [0, 0.1) is 11.3 Å². The molecule has 2 heteroatoms. The predicted molar refractivity (Wildman–Crippen MR) is 59.1 cm³/mol. The second-order valence-electron chi connectivity index (χ2n) is 5.62. The predicted octanol–water partition coefficient (Wildman–Crippen LogP) is 2.68. The summed E-state index contributed by atoms with van der Waals surface area (Å²) in [4.78, 5) is 13.2. The molecule has 1 aliphatic heterocycles. The van der Waals surface area contributed by atoms with Crippen LogP contribution >= 0.6 is 0 Å². The Hall–Kier alpha value is -0.530. The van der Waals surface area contributed by atoms with Crippen molar-refractivity contribution in [3.8, 4) is 0 Å². The van der Waals surface area contributed by atoms with Crippen LogP contribution in [0.5, 0.6) is 0 Å². The highest BCUT2D eigenvalue weighted by Crippen LogP contribution is 2.28. The Morgan fingerprint density at radius 1 is 1.36 bits per heavy atom. The van der Waals surface area contributed by atoms with Crippen LogP contribution in [0.3, 0.4) is 0 Å². The molecule has 82 valence electrons. The number of rotatable bonds is 3. The summed E-state index contributed by atoms with van der Waals surface area (Å²) in [5.74, 6) is 1.08. The smallest absolute Gasteiger partial charge is 0.222 e. The third-order valence-corrected chi connectivity index (χ3v) is 2.91. The average Bonchev–Trinajstić information content (AvgIpc) is 1.98. The Balaban J connectivity index is 2.13. The number of hydrogen-bond donors (Lipinski definition) is 0. The minimum atomic E-state index is 0.317. The van der Waals surface area contributed by atoms with E-state index in [2.05, 4.69) is 20.8 Å². The van der Waals surface area contributed by atoms with E-state index in [1.807, 2.05) is 11.8 Å². The molecule has 0 aliphatic carbocycles. The van der Waals surface area contributed by atoms with Gasteiger partial charge in [0.1, 0.15) is 0 Å². The molecule has 1 saturated heterocycles. The Morgan fingerprint density at radius 3 is 2.36 bits per heavy atom. The molecule has 2 nitrogen and oxygen atoms in total. The molecule has 1 aliphatic rings. The molecule has 1 fully saturated rings. The maximum Gasteiger partial charge on any atom is 0.222 e. The maximum absolute atomic E-state index is 11.3. The number of amides is 1. The fourth-order valence-electron chi connectivity index (χ4n) is 1.82. The van der Waals surface area contributed by atoms with Crippen LogP contribution in [-0.2, 0) is 4.79 Å². The van der Waals surface area contributed by atoms with Gasteiger partial charge in [0, 0.05) is 19.5 Å². The molecule has 14 heavy (non-hydrogen) atoms. The average molecular weight is 197 g/mol. The summed E-state index contributed by atoms with van der Waals surface area (Å²) in [5.41, 5.74) is 0.440. The molecule has 0 aromatic carbocycles. The zero-order valence-electron chi connectivity index (χ0n) is 9.97. The van der Waals surface area contributed by atoms with Crippen molar-refractivity contribution in [3.63, 3.8) is 0 Å². The van der Waals surface area contributed by atoms with Gasteiger partial charge in [-0.3, -0.25) is 4.79 Å². The molecule has 1 heterocycles. The molecular formula is C12H23NO.